The quantitative estimate of drug-likeness (QED) is 0.774. The molecule has 6 rings (SSSR count). The maximum absolute atomic E-state index is 13.2. The standard InChI is InChI=1S/C23H24FN5O2/c1-2-17-11-25-12-19(27-17)21(31)29-23-8-14-5-15(9-23)7-22(6-14,13-23)28-20(30)18-4-3-16(24)10-26-18/h2-4,10-12,14-15H,1,5-9,13H2,(H,28,30)(H,29,31). The second-order valence-corrected chi connectivity index (χ2v) is 9.32. The average molecular weight is 421 g/mol. The first-order valence-corrected chi connectivity index (χ1v) is 10.6. The third kappa shape index (κ3) is 3.71. The molecule has 0 spiro atoms. The van der Waals surface area contributed by atoms with Gasteiger partial charge in [0.15, 0.2) is 0 Å². The van der Waals surface area contributed by atoms with Gasteiger partial charge in [0.2, 0.25) is 0 Å². The Balaban J connectivity index is 1.37. The molecule has 2 atom stereocenters. The predicted octanol–water partition coefficient (Wildman–Crippen LogP) is 2.90. The maximum Gasteiger partial charge on any atom is 0.271 e. The van der Waals surface area contributed by atoms with E-state index in [0.29, 0.717) is 24.0 Å². The molecule has 4 saturated carbocycles. The SMILES string of the molecule is C=Cc1cncc(C(=O)NC23CC4CC(CC(NC(=O)c5ccc(F)cn5)(C4)C2)C3)n1. The highest BCUT2D eigenvalue weighted by Crippen LogP contribution is 2.57. The van der Waals surface area contributed by atoms with Crippen molar-refractivity contribution in [2.75, 3.05) is 0 Å². The summed E-state index contributed by atoms with van der Waals surface area (Å²) in [6.07, 6.45) is 11.0. The predicted molar refractivity (Wildman–Crippen MR) is 111 cm³/mol. The minimum Gasteiger partial charge on any atom is -0.345 e. The van der Waals surface area contributed by atoms with Crippen LogP contribution in [0.5, 0.6) is 0 Å². The molecule has 31 heavy (non-hydrogen) atoms. The molecule has 0 radical (unpaired) electrons. The van der Waals surface area contributed by atoms with Crippen LogP contribution in [0.4, 0.5) is 4.39 Å². The molecule has 4 aliphatic carbocycles. The number of carbonyl (C=O) groups is 2. The third-order valence-corrected chi connectivity index (χ3v) is 6.87. The molecule has 2 amide bonds. The minimum atomic E-state index is -0.475. The van der Waals surface area contributed by atoms with Crippen LogP contribution in [-0.4, -0.2) is 37.8 Å². The van der Waals surface area contributed by atoms with E-state index in [1.807, 2.05) is 0 Å². The van der Waals surface area contributed by atoms with E-state index < -0.39 is 5.82 Å². The lowest BCUT2D eigenvalue weighted by Gasteiger charge is -2.62. The van der Waals surface area contributed by atoms with Gasteiger partial charge in [0, 0.05) is 11.1 Å². The fraction of sp³-hybridized carbons (Fsp3) is 0.435. The summed E-state index contributed by atoms with van der Waals surface area (Å²) >= 11 is 0. The smallest absolute Gasteiger partial charge is 0.271 e. The molecule has 4 fully saturated rings. The van der Waals surface area contributed by atoms with Gasteiger partial charge in [0.1, 0.15) is 17.2 Å². The second-order valence-electron chi connectivity index (χ2n) is 9.32. The van der Waals surface area contributed by atoms with Gasteiger partial charge in [-0.05, 0) is 68.6 Å². The number of halogens is 1. The van der Waals surface area contributed by atoms with E-state index >= 15 is 0 Å². The lowest BCUT2D eigenvalue weighted by atomic mass is 9.49. The van der Waals surface area contributed by atoms with Crippen molar-refractivity contribution in [1.29, 1.82) is 0 Å². The number of amides is 2. The van der Waals surface area contributed by atoms with Gasteiger partial charge in [-0.25, -0.2) is 14.4 Å². The molecule has 0 aromatic carbocycles. The molecule has 0 aliphatic heterocycles. The summed E-state index contributed by atoms with van der Waals surface area (Å²) in [6.45, 7) is 3.68. The number of hydrogen-bond acceptors (Lipinski definition) is 5. The minimum absolute atomic E-state index is 0.201. The molecule has 4 aliphatic rings. The molecular formula is C23H24FN5O2. The normalized spacial score (nSPS) is 30.6. The number of nitrogens with zero attached hydrogens (tertiary/aromatic N) is 3. The van der Waals surface area contributed by atoms with Gasteiger partial charge in [-0.15, -0.1) is 0 Å². The zero-order chi connectivity index (χ0) is 21.6. The van der Waals surface area contributed by atoms with Crippen molar-refractivity contribution in [2.24, 2.45) is 11.8 Å². The number of pyridine rings is 1. The molecule has 8 heteroatoms. The molecule has 7 nitrogen and oxygen atoms in total. The Morgan fingerprint density at radius 1 is 1.00 bits per heavy atom. The van der Waals surface area contributed by atoms with Gasteiger partial charge in [-0.3, -0.25) is 14.6 Å². The van der Waals surface area contributed by atoms with Crippen LogP contribution < -0.4 is 10.6 Å². The van der Waals surface area contributed by atoms with Crippen LogP contribution in [0.25, 0.3) is 6.08 Å². The summed E-state index contributed by atoms with van der Waals surface area (Å²) in [6, 6.07) is 2.63. The summed E-state index contributed by atoms with van der Waals surface area (Å²) in [7, 11) is 0. The van der Waals surface area contributed by atoms with E-state index in [1.165, 1.54) is 18.3 Å². The number of carbonyl (C=O) groups excluding carboxylic acids is 2. The molecule has 2 N–H and O–H groups in total. The molecular weight excluding hydrogens is 397 g/mol. The second kappa shape index (κ2) is 7.21. The number of nitrogens with one attached hydrogen (secondary N) is 2. The van der Waals surface area contributed by atoms with Crippen molar-refractivity contribution in [3.63, 3.8) is 0 Å². The van der Waals surface area contributed by atoms with Crippen LogP contribution in [0.1, 0.15) is 65.2 Å². The van der Waals surface area contributed by atoms with Gasteiger partial charge >= 0.3 is 0 Å². The van der Waals surface area contributed by atoms with Crippen molar-refractivity contribution < 1.29 is 14.0 Å². The Kier molecular flexibility index (Phi) is 4.60. The van der Waals surface area contributed by atoms with Crippen LogP contribution in [-0.2, 0) is 0 Å². The lowest BCUT2D eigenvalue weighted by molar-refractivity contribution is -0.0449. The lowest BCUT2D eigenvalue weighted by Crippen LogP contribution is -2.70. The van der Waals surface area contributed by atoms with Crippen LogP contribution in [0.15, 0.2) is 37.3 Å². The molecule has 2 aromatic heterocycles. The molecule has 2 heterocycles. The third-order valence-electron chi connectivity index (χ3n) is 6.87. The Labute approximate surface area is 179 Å². The van der Waals surface area contributed by atoms with Crippen molar-refractivity contribution in [2.45, 2.75) is 49.6 Å². The molecule has 2 unspecified atom stereocenters. The van der Waals surface area contributed by atoms with E-state index in [4.69, 9.17) is 0 Å². The first-order valence-electron chi connectivity index (χ1n) is 10.6. The summed E-state index contributed by atoms with van der Waals surface area (Å²) < 4.78 is 13.2. The van der Waals surface area contributed by atoms with E-state index in [0.717, 1.165) is 38.3 Å². The van der Waals surface area contributed by atoms with E-state index in [9.17, 15) is 14.0 Å². The van der Waals surface area contributed by atoms with Crippen LogP contribution in [0, 0.1) is 17.7 Å². The number of aromatic nitrogens is 3. The Morgan fingerprint density at radius 2 is 1.65 bits per heavy atom. The fourth-order valence-corrected chi connectivity index (χ4v) is 6.26. The van der Waals surface area contributed by atoms with Crippen molar-refractivity contribution in [3.05, 3.63) is 60.2 Å². The van der Waals surface area contributed by atoms with E-state index in [2.05, 4.69) is 32.2 Å². The topological polar surface area (TPSA) is 96.9 Å². The van der Waals surface area contributed by atoms with Crippen molar-refractivity contribution in [3.8, 4) is 0 Å². The van der Waals surface area contributed by atoms with Crippen molar-refractivity contribution in [1.82, 2.24) is 25.6 Å². The largest absolute Gasteiger partial charge is 0.345 e. The van der Waals surface area contributed by atoms with Crippen LogP contribution >= 0.6 is 0 Å². The highest BCUT2D eigenvalue weighted by Gasteiger charge is 2.58. The highest BCUT2D eigenvalue weighted by atomic mass is 19.1. The first kappa shape index (κ1) is 19.8. The zero-order valence-corrected chi connectivity index (χ0v) is 17.1. The monoisotopic (exact) mass is 421 g/mol. The molecule has 4 bridgehead atoms. The van der Waals surface area contributed by atoms with E-state index in [-0.39, 0.29) is 34.3 Å². The zero-order valence-electron chi connectivity index (χ0n) is 17.1. The van der Waals surface area contributed by atoms with E-state index in [1.54, 1.807) is 12.3 Å². The first-order chi connectivity index (χ1) is 14.9. The van der Waals surface area contributed by atoms with Gasteiger partial charge in [0.05, 0.1) is 24.3 Å². The van der Waals surface area contributed by atoms with Gasteiger partial charge in [-0.1, -0.05) is 6.58 Å². The Morgan fingerprint density at radius 3 is 2.23 bits per heavy atom. The molecule has 2 aromatic rings. The Bertz CT molecular complexity index is 1040. The number of hydrogen-bond donors (Lipinski definition) is 2. The maximum atomic E-state index is 13.2. The molecule has 0 saturated heterocycles. The summed E-state index contributed by atoms with van der Waals surface area (Å²) in [5.74, 6) is -0.147. The van der Waals surface area contributed by atoms with Crippen LogP contribution in [0.3, 0.4) is 0 Å². The van der Waals surface area contributed by atoms with Crippen LogP contribution in [0.2, 0.25) is 0 Å². The fourth-order valence-electron chi connectivity index (χ4n) is 6.26. The summed E-state index contributed by atoms with van der Waals surface area (Å²) in [4.78, 5) is 38.1. The average Bonchev–Trinajstić information content (AvgIpc) is 2.72. The van der Waals surface area contributed by atoms with Gasteiger partial charge < -0.3 is 10.6 Å². The van der Waals surface area contributed by atoms with Crippen molar-refractivity contribution >= 4 is 17.9 Å². The summed E-state index contributed by atoms with van der Waals surface area (Å²) in [5.41, 5.74) is 0.248. The number of rotatable bonds is 5. The molecule has 160 valence electrons. The Hall–Kier alpha value is -3.16. The highest BCUT2D eigenvalue weighted by molar-refractivity contribution is 5.93. The van der Waals surface area contributed by atoms with Gasteiger partial charge in [0.25, 0.3) is 11.8 Å². The van der Waals surface area contributed by atoms with Gasteiger partial charge in [-0.2, -0.15) is 0 Å². The summed E-state index contributed by atoms with van der Waals surface area (Å²) in [5, 5.41) is 6.45.